The first-order valence-corrected chi connectivity index (χ1v) is 6.58. The van der Waals surface area contributed by atoms with E-state index in [2.05, 4.69) is 0 Å². The van der Waals surface area contributed by atoms with Crippen molar-refractivity contribution in [1.82, 2.24) is 0 Å². The summed E-state index contributed by atoms with van der Waals surface area (Å²) in [5.41, 5.74) is 0. The number of hydrogen-bond acceptors (Lipinski definition) is 4. The SMILES string of the molecule is CCCC(CC(CC(=O)O)C(=O)O)C(CC(=O)O)C(=O)O. The van der Waals surface area contributed by atoms with Crippen LogP contribution < -0.4 is 0 Å². The van der Waals surface area contributed by atoms with Crippen molar-refractivity contribution in [2.45, 2.75) is 39.0 Å². The van der Waals surface area contributed by atoms with Crippen LogP contribution in [0.5, 0.6) is 0 Å². The predicted molar refractivity (Wildman–Crippen MR) is 69.8 cm³/mol. The summed E-state index contributed by atoms with van der Waals surface area (Å²) >= 11 is 0. The normalized spacial score (nSPS) is 14.9. The zero-order chi connectivity index (χ0) is 16.6. The zero-order valence-electron chi connectivity index (χ0n) is 11.7. The van der Waals surface area contributed by atoms with Gasteiger partial charge in [-0.15, -0.1) is 0 Å². The first kappa shape index (κ1) is 18.9. The minimum Gasteiger partial charge on any atom is -0.481 e. The highest BCUT2D eigenvalue weighted by molar-refractivity contribution is 5.79. The molecule has 0 saturated heterocycles. The lowest BCUT2D eigenvalue weighted by molar-refractivity contribution is -0.153. The number of rotatable bonds is 11. The molecular formula is C13H20O8. The van der Waals surface area contributed by atoms with E-state index >= 15 is 0 Å². The van der Waals surface area contributed by atoms with Crippen molar-refractivity contribution in [2.24, 2.45) is 17.8 Å². The Balaban J connectivity index is 5.14. The Bertz CT molecular complexity index is 403. The van der Waals surface area contributed by atoms with Gasteiger partial charge in [0.25, 0.3) is 0 Å². The molecular weight excluding hydrogens is 284 g/mol. The van der Waals surface area contributed by atoms with Crippen LogP contribution in [0.4, 0.5) is 0 Å². The summed E-state index contributed by atoms with van der Waals surface area (Å²) in [7, 11) is 0. The predicted octanol–water partition coefficient (Wildman–Crippen LogP) is 1.14. The zero-order valence-corrected chi connectivity index (χ0v) is 11.7. The van der Waals surface area contributed by atoms with Gasteiger partial charge in [0.1, 0.15) is 0 Å². The Morgan fingerprint density at radius 1 is 0.857 bits per heavy atom. The van der Waals surface area contributed by atoms with Crippen LogP contribution in [0.2, 0.25) is 0 Å². The number of hydrogen-bond donors (Lipinski definition) is 4. The van der Waals surface area contributed by atoms with E-state index in [0.29, 0.717) is 12.8 Å². The molecule has 0 fully saturated rings. The second-order valence-corrected chi connectivity index (χ2v) is 4.96. The number of carboxylic acids is 4. The minimum atomic E-state index is -1.32. The summed E-state index contributed by atoms with van der Waals surface area (Å²) in [5.74, 6) is -8.35. The van der Waals surface area contributed by atoms with E-state index in [1.165, 1.54) is 0 Å². The molecule has 0 radical (unpaired) electrons. The molecule has 0 spiro atoms. The molecule has 0 heterocycles. The third-order valence-corrected chi connectivity index (χ3v) is 3.30. The molecule has 0 aromatic rings. The highest BCUT2D eigenvalue weighted by Gasteiger charge is 2.34. The molecule has 8 heteroatoms. The summed E-state index contributed by atoms with van der Waals surface area (Å²) in [4.78, 5) is 43.7. The van der Waals surface area contributed by atoms with Gasteiger partial charge in [-0.3, -0.25) is 19.2 Å². The molecule has 0 amide bonds. The summed E-state index contributed by atoms with van der Waals surface area (Å²) in [6.07, 6.45) is -0.519. The molecule has 3 unspecified atom stereocenters. The van der Waals surface area contributed by atoms with E-state index in [9.17, 15) is 19.2 Å². The molecule has 4 N–H and O–H groups in total. The van der Waals surface area contributed by atoms with Crippen LogP contribution in [-0.2, 0) is 19.2 Å². The van der Waals surface area contributed by atoms with Gasteiger partial charge in [-0.05, 0) is 18.8 Å². The fraction of sp³-hybridized carbons (Fsp3) is 0.692. The number of aliphatic carboxylic acids is 4. The van der Waals surface area contributed by atoms with Crippen LogP contribution in [0.3, 0.4) is 0 Å². The van der Waals surface area contributed by atoms with Crippen molar-refractivity contribution in [3.05, 3.63) is 0 Å². The third kappa shape index (κ3) is 7.28. The van der Waals surface area contributed by atoms with E-state index < -0.39 is 54.5 Å². The molecule has 21 heavy (non-hydrogen) atoms. The maximum atomic E-state index is 11.2. The van der Waals surface area contributed by atoms with Gasteiger partial charge in [-0.2, -0.15) is 0 Å². The first-order valence-electron chi connectivity index (χ1n) is 6.58. The molecule has 8 nitrogen and oxygen atoms in total. The standard InChI is InChI=1S/C13H20O8/c1-2-3-7(9(13(20)21)6-11(16)17)4-8(12(18)19)5-10(14)15/h7-9H,2-6H2,1H3,(H,14,15)(H,16,17)(H,18,19)(H,20,21). The summed E-state index contributed by atoms with van der Waals surface area (Å²) in [6.45, 7) is 1.76. The largest absolute Gasteiger partial charge is 0.481 e. The maximum Gasteiger partial charge on any atom is 0.307 e. The molecule has 0 aliphatic rings. The third-order valence-electron chi connectivity index (χ3n) is 3.30. The lowest BCUT2D eigenvalue weighted by Crippen LogP contribution is -2.30. The first-order chi connectivity index (χ1) is 9.68. The van der Waals surface area contributed by atoms with Gasteiger partial charge >= 0.3 is 23.9 Å². The summed E-state index contributed by atoms with van der Waals surface area (Å²) < 4.78 is 0. The Morgan fingerprint density at radius 3 is 1.71 bits per heavy atom. The highest BCUT2D eigenvalue weighted by atomic mass is 16.4. The highest BCUT2D eigenvalue weighted by Crippen LogP contribution is 2.30. The smallest absolute Gasteiger partial charge is 0.307 e. The Morgan fingerprint density at radius 2 is 1.38 bits per heavy atom. The van der Waals surface area contributed by atoms with Gasteiger partial charge in [-0.25, -0.2) is 0 Å². The van der Waals surface area contributed by atoms with E-state index in [4.69, 9.17) is 20.4 Å². The topological polar surface area (TPSA) is 149 Å². The van der Waals surface area contributed by atoms with Crippen molar-refractivity contribution in [1.29, 1.82) is 0 Å². The van der Waals surface area contributed by atoms with Gasteiger partial charge in [0.2, 0.25) is 0 Å². The second kappa shape index (κ2) is 8.93. The summed E-state index contributed by atoms with van der Waals surface area (Å²) in [5, 5.41) is 35.6. The average Bonchev–Trinajstić information content (AvgIpc) is 2.33. The number of carbonyl (C=O) groups is 4. The maximum absolute atomic E-state index is 11.2. The van der Waals surface area contributed by atoms with Crippen molar-refractivity contribution in [2.75, 3.05) is 0 Å². The van der Waals surface area contributed by atoms with Crippen LogP contribution in [0.1, 0.15) is 39.0 Å². The van der Waals surface area contributed by atoms with Crippen molar-refractivity contribution >= 4 is 23.9 Å². The second-order valence-electron chi connectivity index (χ2n) is 4.96. The molecule has 0 aromatic heterocycles. The molecule has 3 atom stereocenters. The average molecular weight is 304 g/mol. The van der Waals surface area contributed by atoms with Crippen LogP contribution >= 0.6 is 0 Å². The van der Waals surface area contributed by atoms with Gasteiger partial charge in [0.05, 0.1) is 24.7 Å². The van der Waals surface area contributed by atoms with Crippen molar-refractivity contribution in [3.8, 4) is 0 Å². The van der Waals surface area contributed by atoms with Crippen LogP contribution in [0, 0.1) is 17.8 Å². The van der Waals surface area contributed by atoms with Gasteiger partial charge in [0.15, 0.2) is 0 Å². The minimum absolute atomic E-state index is 0.167. The van der Waals surface area contributed by atoms with Crippen LogP contribution in [-0.4, -0.2) is 44.3 Å². The fourth-order valence-electron chi connectivity index (χ4n) is 2.35. The lowest BCUT2D eigenvalue weighted by Gasteiger charge is -2.25. The molecule has 120 valence electrons. The summed E-state index contributed by atoms with van der Waals surface area (Å²) in [6, 6.07) is 0. The van der Waals surface area contributed by atoms with Gasteiger partial charge < -0.3 is 20.4 Å². The monoisotopic (exact) mass is 304 g/mol. The number of carboxylic acid groups (broad SMARTS) is 4. The molecule has 0 aliphatic heterocycles. The lowest BCUT2D eigenvalue weighted by atomic mass is 9.79. The van der Waals surface area contributed by atoms with E-state index in [1.54, 1.807) is 6.92 Å². The fourth-order valence-corrected chi connectivity index (χ4v) is 2.35. The van der Waals surface area contributed by atoms with Crippen LogP contribution in [0.15, 0.2) is 0 Å². The van der Waals surface area contributed by atoms with Crippen LogP contribution in [0.25, 0.3) is 0 Å². The van der Waals surface area contributed by atoms with Crippen molar-refractivity contribution in [3.63, 3.8) is 0 Å². The van der Waals surface area contributed by atoms with Gasteiger partial charge in [0, 0.05) is 0 Å². The molecule has 0 bridgehead atoms. The Labute approximate surface area is 121 Å². The molecule has 0 aliphatic carbocycles. The van der Waals surface area contributed by atoms with Crippen molar-refractivity contribution < 1.29 is 39.6 Å². The van der Waals surface area contributed by atoms with E-state index in [0.717, 1.165) is 0 Å². The van der Waals surface area contributed by atoms with E-state index in [-0.39, 0.29) is 6.42 Å². The molecule has 0 aromatic carbocycles. The Hall–Kier alpha value is -2.12. The Kier molecular flexibility index (Phi) is 8.03. The molecule has 0 rings (SSSR count). The quantitative estimate of drug-likeness (QED) is 0.444. The van der Waals surface area contributed by atoms with E-state index in [1.807, 2.05) is 0 Å². The molecule has 0 saturated carbocycles. The van der Waals surface area contributed by atoms with Gasteiger partial charge in [-0.1, -0.05) is 13.3 Å².